The summed E-state index contributed by atoms with van der Waals surface area (Å²) in [4.78, 5) is 0. The van der Waals surface area contributed by atoms with E-state index in [2.05, 4.69) is 38.3 Å². The average Bonchev–Trinajstić information content (AvgIpc) is 2.89. The second kappa shape index (κ2) is 5.48. The van der Waals surface area contributed by atoms with E-state index in [0.717, 1.165) is 17.4 Å². The molecule has 1 N–H and O–H groups in total. The van der Waals surface area contributed by atoms with Gasteiger partial charge in [-0.15, -0.1) is 0 Å². The average molecular weight is 249 g/mol. The van der Waals surface area contributed by atoms with Crippen LogP contribution in [0.1, 0.15) is 63.5 Å². The topological polar surface area (TPSA) is 25.2 Å². The molecule has 1 heterocycles. The van der Waals surface area contributed by atoms with Gasteiger partial charge in [-0.05, 0) is 56.7 Å². The van der Waals surface area contributed by atoms with Gasteiger partial charge in [-0.3, -0.25) is 0 Å². The van der Waals surface area contributed by atoms with E-state index in [-0.39, 0.29) is 0 Å². The summed E-state index contributed by atoms with van der Waals surface area (Å²) in [5.74, 6) is 2.88. The lowest BCUT2D eigenvalue weighted by atomic mass is 9.72. The molecule has 0 spiro atoms. The monoisotopic (exact) mass is 249 g/mol. The summed E-state index contributed by atoms with van der Waals surface area (Å²) < 4.78 is 5.89. The molecule has 2 nitrogen and oxygen atoms in total. The first-order valence-electron chi connectivity index (χ1n) is 7.31. The molecule has 1 atom stereocenters. The number of hydrogen-bond acceptors (Lipinski definition) is 2. The fourth-order valence-electron chi connectivity index (χ4n) is 3.86. The van der Waals surface area contributed by atoms with Crippen LogP contribution in [0.2, 0.25) is 0 Å². The summed E-state index contributed by atoms with van der Waals surface area (Å²) in [7, 11) is 2.07. The predicted molar refractivity (Wildman–Crippen MR) is 75.6 cm³/mol. The Bertz CT molecular complexity index is 374. The molecule has 0 saturated heterocycles. The van der Waals surface area contributed by atoms with Crippen LogP contribution in [0.3, 0.4) is 0 Å². The summed E-state index contributed by atoms with van der Waals surface area (Å²) in [6, 6.07) is 4.60. The number of rotatable bonds is 5. The molecule has 1 fully saturated rings. The zero-order valence-corrected chi connectivity index (χ0v) is 12.3. The van der Waals surface area contributed by atoms with Crippen LogP contribution in [-0.4, -0.2) is 7.05 Å². The van der Waals surface area contributed by atoms with Gasteiger partial charge in [0, 0.05) is 0 Å². The van der Waals surface area contributed by atoms with Crippen molar-refractivity contribution in [3.05, 3.63) is 23.7 Å². The van der Waals surface area contributed by atoms with Crippen molar-refractivity contribution in [2.75, 3.05) is 7.05 Å². The highest BCUT2D eigenvalue weighted by molar-refractivity contribution is 5.14. The maximum Gasteiger partial charge on any atom is 0.121 e. The van der Waals surface area contributed by atoms with Gasteiger partial charge in [-0.25, -0.2) is 0 Å². The molecule has 0 aliphatic heterocycles. The van der Waals surface area contributed by atoms with Crippen molar-refractivity contribution in [3.63, 3.8) is 0 Å². The molecule has 0 aromatic carbocycles. The quantitative estimate of drug-likeness (QED) is 0.833. The smallest absolute Gasteiger partial charge is 0.121 e. The van der Waals surface area contributed by atoms with Gasteiger partial charge >= 0.3 is 0 Å². The van der Waals surface area contributed by atoms with Crippen molar-refractivity contribution in [2.45, 2.75) is 58.9 Å². The van der Waals surface area contributed by atoms with Gasteiger partial charge in [0.05, 0.1) is 6.04 Å². The Hall–Kier alpha value is -0.760. The fraction of sp³-hybridized carbons (Fsp3) is 0.750. The van der Waals surface area contributed by atoms with Gasteiger partial charge in [-0.2, -0.15) is 0 Å². The Morgan fingerprint density at radius 2 is 1.94 bits per heavy atom. The van der Waals surface area contributed by atoms with Crippen LogP contribution < -0.4 is 5.32 Å². The summed E-state index contributed by atoms with van der Waals surface area (Å²) in [5.41, 5.74) is 0.396. The molecule has 0 radical (unpaired) electrons. The third-order valence-corrected chi connectivity index (χ3v) is 4.36. The van der Waals surface area contributed by atoms with Crippen LogP contribution in [-0.2, 0) is 0 Å². The second-order valence-corrected chi connectivity index (χ2v) is 6.34. The zero-order chi connectivity index (χ0) is 13.2. The van der Waals surface area contributed by atoms with Crippen LogP contribution >= 0.6 is 0 Å². The zero-order valence-electron chi connectivity index (χ0n) is 12.3. The van der Waals surface area contributed by atoms with Gasteiger partial charge < -0.3 is 9.73 Å². The normalized spacial score (nSPS) is 20.5. The van der Waals surface area contributed by atoms with Crippen molar-refractivity contribution < 1.29 is 4.42 Å². The molecular formula is C16H27NO. The van der Waals surface area contributed by atoms with E-state index in [0.29, 0.717) is 11.5 Å². The lowest BCUT2D eigenvalue weighted by Crippen LogP contribution is -2.35. The van der Waals surface area contributed by atoms with Crippen LogP contribution in [0.5, 0.6) is 0 Å². The van der Waals surface area contributed by atoms with Crippen LogP contribution in [0.4, 0.5) is 0 Å². The summed E-state index contributed by atoms with van der Waals surface area (Å²) >= 11 is 0. The molecule has 1 aromatic rings. The molecule has 1 aliphatic carbocycles. The molecular weight excluding hydrogens is 222 g/mol. The summed E-state index contributed by atoms with van der Waals surface area (Å²) in [5, 5.41) is 3.53. The van der Waals surface area contributed by atoms with E-state index in [1.165, 1.54) is 32.1 Å². The highest BCUT2D eigenvalue weighted by atomic mass is 16.3. The van der Waals surface area contributed by atoms with E-state index in [9.17, 15) is 0 Å². The van der Waals surface area contributed by atoms with E-state index in [1.54, 1.807) is 0 Å². The fourth-order valence-corrected chi connectivity index (χ4v) is 3.86. The van der Waals surface area contributed by atoms with E-state index in [1.807, 2.05) is 6.92 Å². The van der Waals surface area contributed by atoms with Gasteiger partial charge in [0.15, 0.2) is 0 Å². The molecule has 2 heteroatoms. The minimum atomic E-state index is 0.371. The van der Waals surface area contributed by atoms with E-state index >= 15 is 0 Å². The summed E-state index contributed by atoms with van der Waals surface area (Å²) in [6.07, 6.45) is 6.68. The SMILES string of the molecule is CNC(c1ccc(C)o1)C1(CC(C)C)CCCC1. The third-order valence-electron chi connectivity index (χ3n) is 4.36. The third kappa shape index (κ3) is 2.64. The Kier molecular flexibility index (Phi) is 4.16. The van der Waals surface area contributed by atoms with Gasteiger partial charge in [0.1, 0.15) is 11.5 Å². The Morgan fingerprint density at radius 1 is 1.28 bits per heavy atom. The van der Waals surface area contributed by atoms with Gasteiger partial charge in [0.2, 0.25) is 0 Å². The molecule has 18 heavy (non-hydrogen) atoms. The molecule has 0 bridgehead atoms. The second-order valence-electron chi connectivity index (χ2n) is 6.34. The molecule has 1 unspecified atom stereocenters. The Morgan fingerprint density at radius 3 is 2.39 bits per heavy atom. The maximum absolute atomic E-state index is 5.89. The van der Waals surface area contributed by atoms with Crippen LogP contribution in [0.25, 0.3) is 0 Å². The first-order valence-corrected chi connectivity index (χ1v) is 7.31. The van der Waals surface area contributed by atoms with Crippen molar-refractivity contribution in [2.24, 2.45) is 11.3 Å². The molecule has 2 rings (SSSR count). The number of hydrogen-bond donors (Lipinski definition) is 1. The number of nitrogens with one attached hydrogen (secondary N) is 1. The highest BCUT2D eigenvalue weighted by Crippen LogP contribution is 2.51. The number of aryl methyl sites for hydroxylation is 1. The minimum Gasteiger partial charge on any atom is -0.465 e. The molecule has 102 valence electrons. The standard InChI is InChI=1S/C16H27NO/c1-12(2)11-16(9-5-6-10-16)15(17-4)14-8-7-13(3)18-14/h7-8,12,15,17H,5-6,9-11H2,1-4H3. The van der Waals surface area contributed by atoms with Crippen molar-refractivity contribution >= 4 is 0 Å². The highest BCUT2D eigenvalue weighted by Gasteiger charge is 2.42. The van der Waals surface area contributed by atoms with Crippen LogP contribution in [0.15, 0.2) is 16.5 Å². The van der Waals surface area contributed by atoms with E-state index < -0.39 is 0 Å². The van der Waals surface area contributed by atoms with Crippen LogP contribution in [0, 0.1) is 18.3 Å². The predicted octanol–water partition coefficient (Wildman–Crippen LogP) is 4.46. The first kappa shape index (κ1) is 13.7. The molecule has 0 amide bonds. The lowest BCUT2D eigenvalue weighted by molar-refractivity contribution is 0.143. The summed E-state index contributed by atoms with van der Waals surface area (Å²) in [6.45, 7) is 6.69. The lowest BCUT2D eigenvalue weighted by Gasteiger charge is -2.38. The molecule has 1 aromatic heterocycles. The molecule has 1 saturated carbocycles. The van der Waals surface area contributed by atoms with Crippen molar-refractivity contribution in [1.82, 2.24) is 5.32 Å². The van der Waals surface area contributed by atoms with Gasteiger partial charge in [0.25, 0.3) is 0 Å². The van der Waals surface area contributed by atoms with E-state index in [4.69, 9.17) is 4.42 Å². The Labute approximate surface area is 111 Å². The maximum atomic E-state index is 5.89. The van der Waals surface area contributed by atoms with Crippen molar-refractivity contribution in [3.8, 4) is 0 Å². The Balaban J connectivity index is 2.27. The minimum absolute atomic E-state index is 0.371. The molecule has 1 aliphatic rings. The first-order chi connectivity index (χ1) is 8.57. The largest absolute Gasteiger partial charge is 0.465 e. The van der Waals surface area contributed by atoms with Crippen molar-refractivity contribution in [1.29, 1.82) is 0 Å². The van der Waals surface area contributed by atoms with Gasteiger partial charge in [-0.1, -0.05) is 26.7 Å². The number of furan rings is 1.